The van der Waals surface area contributed by atoms with Crippen LogP contribution in [-0.4, -0.2) is 52.2 Å². The second kappa shape index (κ2) is 6.70. The number of benzene rings is 1. The fourth-order valence-corrected chi connectivity index (χ4v) is 3.92. The molecule has 28 heavy (non-hydrogen) atoms. The molecule has 0 bridgehead atoms. The van der Waals surface area contributed by atoms with E-state index < -0.39 is 42.4 Å². The van der Waals surface area contributed by atoms with Crippen LogP contribution in [-0.2, 0) is 19.1 Å². The third-order valence-corrected chi connectivity index (χ3v) is 5.48. The first-order valence-corrected chi connectivity index (χ1v) is 9.05. The summed E-state index contributed by atoms with van der Waals surface area (Å²) in [5.74, 6) is -3.59. The fraction of sp³-hybridized carbons (Fsp3) is 0.350. The number of hydrogen-bond donors (Lipinski definition) is 0. The van der Waals surface area contributed by atoms with E-state index in [-0.39, 0.29) is 22.9 Å². The summed E-state index contributed by atoms with van der Waals surface area (Å²) in [6.45, 7) is 0.839. The van der Waals surface area contributed by atoms with E-state index in [2.05, 4.69) is 0 Å². The van der Waals surface area contributed by atoms with Gasteiger partial charge in [0.2, 0.25) is 11.8 Å². The van der Waals surface area contributed by atoms with Crippen molar-refractivity contribution in [2.75, 3.05) is 6.73 Å². The van der Waals surface area contributed by atoms with Gasteiger partial charge in [0.05, 0.1) is 23.0 Å². The van der Waals surface area contributed by atoms with Gasteiger partial charge in [-0.1, -0.05) is 24.3 Å². The molecule has 0 aromatic heterocycles. The van der Waals surface area contributed by atoms with Gasteiger partial charge in [0.25, 0.3) is 11.8 Å². The molecule has 3 aliphatic rings. The average Bonchev–Trinajstić information content (AvgIpc) is 3.11. The number of amides is 4. The van der Waals surface area contributed by atoms with Crippen LogP contribution in [0.2, 0.25) is 0 Å². The summed E-state index contributed by atoms with van der Waals surface area (Å²) >= 11 is 0. The van der Waals surface area contributed by atoms with Crippen molar-refractivity contribution in [2.24, 2.45) is 11.8 Å². The summed E-state index contributed by atoms with van der Waals surface area (Å²) in [4.78, 5) is 63.9. The van der Waals surface area contributed by atoms with E-state index in [1.165, 1.54) is 19.1 Å². The Kier molecular flexibility index (Phi) is 4.33. The van der Waals surface area contributed by atoms with Gasteiger partial charge in [-0.25, -0.2) is 9.69 Å². The van der Waals surface area contributed by atoms with Crippen molar-refractivity contribution in [1.29, 1.82) is 0 Å². The molecule has 3 atom stereocenters. The minimum atomic E-state index is -1.12. The molecule has 1 fully saturated rings. The second-order valence-corrected chi connectivity index (χ2v) is 7.05. The van der Waals surface area contributed by atoms with Crippen molar-refractivity contribution < 1.29 is 28.7 Å². The molecule has 0 unspecified atom stereocenters. The molecule has 8 nitrogen and oxygen atoms in total. The Morgan fingerprint density at radius 3 is 2.00 bits per heavy atom. The van der Waals surface area contributed by atoms with Crippen molar-refractivity contribution in [3.63, 3.8) is 0 Å². The van der Waals surface area contributed by atoms with Crippen LogP contribution >= 0.6 is 0 Å². The maximum Gasteiger partial charge on any atom is 0.330 e. The van der Waals surface area contributed by atoms with Gasteiger partial charge in [-0.05, 0) is 31.9 Å². The van der Waals surface area contributed by atoms with E-state index in [1.807, 2.05) is 12.2 Å². The molecule has 0 N–H and O–H groups in total. The van der Waals surface area contributed by atoms with E-state index >= 15 is 0 Å². The normalized spacial score (nSPS) is 24.5. The number of hydrogen-bond acceptors (Lipinski definition) is 6. The smallest absolute Gasteiger partial charge is 0.330 e. The Bertz CT molecular complexity index is 875. The number of rotatable bonds is 4. The lowest BCUT2D eigenvalue weighted by molar-refractivity contribution is -0.159. The SMILES string of the molecule is C[C@@H](C(=O)OCN1C(=O)c2ccccc2C1=O)N1C(=O)[C@H]2CC=CC[C@H]2C1=O. The Balaban J connectivity index is 1.42. The number of imide groups is 2. The van der Waals surface area contributed by atoms with Crippen LogP contribution in [0, 0.1) is 11.8 Å². The Morgan fingerprint density at radius 2 is 1.50 bits per heavy atom. The van der Waals surface area contributed by atoms with Crippen LogP contribution in [0.25, 0.3) is 0 Å². The van der Waals surface area contributed by atoms with Crippen LogP contribution in [0.3, 0.4) is 0 Å². The lowest BCUT2D eigenvalue weighted by Crippen LogP contribution is -2.45. The third kappa shape index (κ3) is 2.64. The van der Waals surface area contributed by atoms with E-state index in [9.17, 15) is 24.0 Å². The van der Waals surface area contributed by atoms with Gasteiger partial charge >= 0.3 is 5.97 Å². The summed E-state index contributed by atoms with van der Waals surface area (Å²) in [6, 6.07) is 5.20. The molecular weight excluding hydrogens is 364 g/mol. The molecular formula is C20H18N2O6. The predicted octanol–water partition coefficient (Wildman–Crippen LogP) is 1.12. The summed E-state index contributed by atoms with van der Waals surface area (Å²) in [5.41, 5.74) is 0.496. The lowest BCUT2D eigenvalue weighted by Gasteiger charge is -2.22. The lowest BCUT2D eigenvalue weighted by atomic mass is 9.85. The molecule has 0 saturated carbocycles. The van der Waals surface area contributed by atoms with E-state index in [0.29, 0.717) is 12.8 Å². The minimum absolute atomic E-state index is 0.248. The molecule has 2 aliphatic heterocycles. The quantitative estimate of drug-likeness (QED) is 0.439. The van der Waals surface area contributed by atoms with E-state index in [0.717, 1.165) is 9.80 Å². The molecule has 4 rings (SSSR count). The zero-order valence-electron chi connectivity index (χ0n) is 15.2. The molecule has 8 heteroatoms. The molecule has 0 spiro atoms. The van der Waals surface area contributed by atoms with Crippen molar-refractivity contribution in [1.82, 2.24) is 9.80 Å². The first-order valence-electron chi connectivity index (χ1n) is 9.05. The van der Waals surface area contributed by atoms with Gasteiger partial charge < -0.3 is 4.74 Å². The second-order valence-electron chi connectivity index (χ2n) is 7.05. The topological polar surface area (TPSA) is 101 Å². The number of fused-ring (bicyclic) bond motifs is 2. The first-order chi connectivity index (χ1) is 13.4. The molecule has 0 radical (unpaired) electrons. The molecule has 144 valence electrons. The highest BCUT2D eigenvalue weighted by Gasteiger charge is 2.50. The zero-order chi connectivity index (χ0) is 20.0. The summed E-state index contributed by atoms with van der Waals surface area (Å²) in [7, 11) is 0. The standard InChI is InChI=1S/C20H18N2O6/c1-11(22-18(25)14-8-4-5-9-15(14)19(22)26)20(27)28-10-21-16(23)12-6-2-3-7-13(12)17(21)24/h2-7,11,14-15H,8-10H2,1H3/t11-,14-,15+/m0/s1. The van der Waals surface area contributed by atoms with Gasteiger partial charge in [0.15, 0.2) is 6.73 Å². The molecule has 1 aliphatic carbocycles. The van der Waals surface area contributed by atoms with Crippen LogP contribution in [0.15, 0.2) is 36.4 Å². The minimum Gasteiger partial charge on any atom is -0.442 e. The van der Waals surface area contributed by atoms with Crippen LogP contribution in [0.1, 0.15) is 40.5 Å². The van der Waals surface area contributed by atoms with Gasteiger partial charge in [-0.15, -0.1) is 0 Å². The van der Waals surface area contributed by atoms with Gasteiger partial charge in [-0.3, -0.25) is 24.1 Å². The van der Waals surface area contributed by atoms with E-state index in [1.54, 1.807) is 12.1 Å². The largest absolute Gasteiger partial charge is 0.442 e. The van der Waals surface area contributed by atoms with Gasteiger partial charge in [-0.2, -0.15) is 0 Å². The first kappa shape index (κ1) is 18.1. The molecule has 2 heterocycles. The summed E-state index contributed by atoms with van der Waals surface area (Å²) in [5, 5.41) is 0. The van der Waals surface area contributed by atoms with Crippen molar-refractivity contribution in [3.8, 4) is 0 Å². The number of carbonyl (C=O) groups is 5. The van der Waals surface area contributed by atoms with E-state index in [4.69, 9.17) is 4.74 Å². The molecule has 1 aromatic rings. The van der Waals surface area contributed by atoms with Crippen LogP contribution in [0.4, 0.5) is 0 Å². The zero-order valence-corrected chi connectivity index (χ0v) is 15.2. The monoisotopic (exact) mass is 382 g/mol. The van der Waals surface area contributed by atoms with Gasteiger partial charge in [0.1, 0.15) is 6.04 Å². The number of carbonyl (C=O) groups excluding carboxylic acids is 5. The number of nitrogens with zero attached hydrogens (tertiary/aromatic N) is 2. The van der Waals surface area contributed by atoms with Crippen molar-refractivity contribution in [3.05, 3.63) is 47.5 Å². The number of allylic oxidation sites excluding steroid dienone is 2. The van der Waals surface area contributed by atoms with Crippen LogP contribution < -0.4 is 0 Å². The highest BCUT2D eigenvalue weighted by atomic mass is 16.5. The van der Waals surface area contributed by atoms with Crippen molar-refractivity contribution in [2.45, 2.75) is 25.8 Å². The predicted molar refractivity (Wildman–Crippen MR) is 94.6 cm³/mol. The number of likely N-dealkylation sites (tertiary alicyclic amines) is 1. The Morgan fingerprint density at radius 1 is 1.00 bits per heavy atom. The maximum atomic E-state index is 12.6. The molecule has 1 saturated heterocycles. The third-order valence-electron chi connectivity index (χ3n) is 5.48. The summed E-state index contributed by atoms with van der Waals surface area (Å²) in [6.07, 6.45) is 4.67. The fourth-order valence-electron chi connectivity index (χ4n) is 3.92. The van der Waals surface area contributed by atoms with Crippen LogP contribution in [0.5, 0.6) is 0 Å². The average molecular weight is 382 g/mol. The number of ether oxygens (including phenoxy) is 1. The highest BCUT2D eigenvalue weighted by molar-refractivity contribution is 6.21. The van der Waals surface area contributed by atoms with Crippen molar-refractivity contribution >= 4 is 29.6 Å². The number of esters is 1. The Labute approximate surface area is 160 Å². The molecule has 1 aromatic carbocycles. The highest BCUT2D eigenvalue weighted by Crippen LogP contribution is 2.36. The maximum absolute atomic E-state index is 12.6. The Hall–Kier alpha value is -3.29. The molecule has 4 amide bonds. The van der Waals surface area contributed by atoms with Gasteiger partial charge in [0, 0.05) is 0 Å². The summed E-state index contributed by atoms with van der Waals surface area (Å²) < 4.78 is 5.11.